The van der Waals surface area contributed by atoms with Crippen molar-refractivity contribution >= 4 is 39.7 Å². The number of nitrogens with two attached hydrogens (primary N) is 1. The second-order valence-corrected chi connectivity index (χ2v) is 5.60. The fourth-order valence-corrected chi connectivity index (χ4v) is 2.75. The Morgan fingerprint density at radius 3 is 2.70 bits per heavy atom. The van der Waals surface area contributed by atoms with E-state index in [1.165, 1.54) is 0 Å². The van der Waals surface area contributed by atoms with Crippen molar-refractivity contribution in [1.82, 2.24) is 9.97 Å². The Labute approximate surface area is 139 Å². The first kappa shape index (κ1) is 15.4. The molecule has 0 fully saturated rings. The number of hydrogen-bond acceptors (Lipinski definition) is 5. The minimum Gasteiger partial charge on any atom is -0.496 e. The molecule has 0 aliphatic heterocycles. The van der Waals surface area contributed by atoms with Gasteiger partial charge in [0.15, 0.2) is 5.82 Å². The van der Waals surface area contributed by atoms with Gasteiger partial charge in [0.25, 0.3) is 0 Å². The van der Waals surface area contributed by atoms with Crippen LogP contribution in [0.2, 0.25) is 5.02 Å². The van der Waals surface area contributed by atoms with Crippen molar-refractivity contribution in [3.63, 3.8) is 0 Å². The monoisotopic (exact) mass is 328 g/mol. The minimum absolute atomic E-state index is 0.281. The number of anilines is 3. The van der Waals surface area contributed by atoms with Gasteiger partial charge >= 0.3 is 0 Å². The molecule has 0 bridgehead atoms. The maximum atomic E-state index is 6.26. The van der Waals surface area contributed by atoms with Gasteiger partial charge in [0, 0.05) is 18.1 Å². The van der Waals surface area contributed by atoms with Gasteiger partial charge in [-0.05, 0) is 36.6 Å². The summed E-state index contributed by atoms with van der Waals surface area (Å²) in [4.78, 5) is 10.4. The fourth-order valence-electron chi connectivity index (χ4n) is 2.54. The van der Waals surface area contributed by atoms with E-state index < -0.39 is 0 Å². The molecule has 1 heterocycles. The number of nitrogen functional groups attached to an aromatic ring is 1. The van der Waals surface area contributed by atoms with Crippen molar-refractivity contribution in [2.24, 2.45) is 0 Å². The summed E-state index contributed by atoms with van der Waals surface area (Å²) in [5.41, 5.74) is 6.79. The van der Waals surface area contributed by atoms with Gasteiger partial charge in [-0.2, -0.15) is 0 Å². The average Bonchev–Trinajstić information content (AvgIpc) is 2.56. The number of rotatable bonds is 3. The predicted octanol–water partition coefficient (Wildman–Crippen LogP) is 3.95. The minimum atomic E-state index is 0.281. The molecule has 23 heavy (non-hydrogen) atoms. The van der Waals surface area contributed by atoms with E-state index in [2.05, 4.69) is 16.0 Å². The van der Waals surface area contributed by atoms with E-state index in [1.807, 2.05) is 42.3 Å². The number of halogens is 1. The molecule has 0 unspecified atom stereocenters. The molecular formula is C17H17ClN4O. The van der Waals surface area contributed by atoms with Crippen LogP contribution in [0.1, 0.15) is 5.82 Å². The van der Waals surface area contributed by atoms with Crippen molar-refractivity contribution in [2.75, 3.05) is 24.8 Å². The number of aromatic nitrogens is 2. The van der Waals surface area contributed by atoms with Crippen molar-refractivity contribution < 1.29 is 4.74 Å². The van der Waals surface area contributed by atoms with Crippen LogP contribution in [0, 0.1) is 6.92 Å². The van der Waals surface area contributed by atoms with Gasteiger partial charge < -0.3 is 15.4 Å². The van der Waals surface area contributed by atoms with E-state index >= 15 is 0 Å². The number of benzene rings is 2. The van der Waals surface area contributed by atoms with Gasteiger partial charge in [-0.25, -0.2) is 9.97 Å². The summed E-state index contributed by atoms with van der Waals surface area (Å²) < 4.78 is 5.39. The topological polar surface area (TPSA) is 64.3 Å². The first-order valence-corrected chi connectivity index (χ1v) is 7.49. The Morgan fingerprint density at radius 1 is 1.17 bits per heavy atom. The van der Waals surface area contributed by atoms with Crippen molar-refractivity contribution in [1.29, 1.82) is 0 Å². The molecule has 0 radical (unpaired) electrons. The van der Waals surface area contributed by atoms with Crippen LogP contribution in [0.4, 0.5) is 17.3 Å². The highest BCUT2D eigenvalue weighted by Crippen LogP contribution is 2.34. The highest BCUT2D eigenvalue weighted by Gasteiger charge is 2.15. The maximum Gasteiger partial charge on any atom is 0.157 e. The number of hydrogen-bond donors (Lipinski definition) is 1. The summed E-state index contributed by atoms with van der Waals surface area (Å²) in [5.74, 6) is 2.29. The standard InChI is InChI=1S/C17H17ClN4O/c1-10-20-16(19)15(18)17(21-10)22(2)12-7-8-13-11(9-12)5-4-6-14(13)23-3/h4-9H,1-3H3,(H2,19,20,21). The maximum absolute atomic E-state index is 6.26. The van der Waals surface area contributed by atoms with Crippen LogP contribution in [-0.2, 0) is 0 Å². The summed E-state index contributed by atoms with van der Waals surface area (Å²) in [6, 6.07) is 12.0. The zero-order valence-electron chi connectivity index (χ0n) is 13.2. The first-order chi connectivity index (χ1) is 11.0. The molecule has 0 atom stereocenters. The predicted molar refractivity (Wildman–Crippen MR) is 94.8 cm³/mol. The van der Waals surface area contributed by atoms with Crippen LogP contribution >= 0.6 is 11.6 Å². The fraction of sp³-hybridized carbons (Fsp3) is 0.176. The van der Waals surface area contributed by atoms with Gasteiger partial charge in [-0.1, -0.05) is 23.7 Å². The summed E-state index contributed by atoms with van der Waals surface area (Å²) in [6.45, 7) is 1.79. The lowest BCUT2D eigenvalue weighted by Gasteiger charge is -2.21. The number of aryl methyl sites for hydroxylation is 1. The molecule has 118 valence electrons. The summed E-state index contributed by atoms with van der Waals surface area (Å²) >= 11 is 6.26. The lowest BCUT2D eigenvalue weighted by Crippen LogP contribution is -2.14. The number of nitrogens with zero attached hydrogens (tertiary/aromatic N) is 3. The molecule has 6 heteroatoms. The molecular weight excluding hydrogens is 312 g/mol. The molecule has 3 aromatic rings. The van der Waals surface area contributed by atoms with Crippen LogP contribution in [-0.4, -0.2) is 24.1 Å². The molecule has 0 aliphatic rings. The van der Waals surface area contributed by atoms with Crippen LogP contribution < -0.4 is 15.4 Å². The SMILES string of the molecule is COc1cccc2cc(N(C)c3nc(C)nc(N)c3Cl)ccc12. The Bertz CT molecular complexity index is 882. The normalized spacial score (nSPS) is 10.8. The first-order valence-electron chi connectivity index (χ1n) is 7.11. The second-order valence-electron chi connectivity index (χ2n) is 5.22. The van der Waals surface area contributed by atoms with Gasteiger partial charge in [-0.3, -0.25) is 0 Å². The number of methoxy groups -OCH3 is 1. The molecule has 0 saturated carbocycles. The van der Waals surface area contributed by atoms with E-state index in [0.717, 1.165) is 22.2 Å². The van der Waals surface area contributed by atoms with Crippen LogP contribution in [0.15, 0.2) is 36.4 Å². The average molecular weight is 329 g/mol. The molecule has 2 N–H and O–H groups in total. The Kier molecular flexibility index (Phi) is 3.96. The zero-order chi connectivity index (χ0) is 16.6. The smallest absolute Gasteiger partial charge is 0.157 e. The van der Waals surface area contributed by atoms with Gasteiger partial charge in [0.1, 0.15) is 22.4 Å². The summed E-state index contributed by atoms with van der Waals surface area (Å²) in [7, 11) is 3.56. The molecule has 2 aromatic carbocycles. The third kappa shape index (κ3) is 2.75. The summed E-state index contributed by atoms with van der Waals surface area (Å²) in [5, 5.41) is 2.48. The van der Waals surface area contributed by atoms with Crippen LogP contribution in [0.5, 0.6) is 5.75 Å². The molecule has 3 rings (SSSR count). The van der Waals surface area contributed by atoms with Crippen molar-refractivity contribution in [3.8, 4) is 5.75 Å². The van der Waals surface area contributed by atoms with E-state index in [1.54, 1.807) is 14.0 Å². The molecule has 0 aliphatic carbocycles. The van der Waals surface area contributed by atoms with Crippen molar-refractivity contribution in [3.05, 3.63) is 47.2 Å². The van der Waals surface area contributed by atoms with E-state index in [9.17, 15) is 0 Å². The molecule has 0 saturated heterocycles. The van der Waals surface area contributed by atoms with Gasteiger partial charge in [0.05, 0.1) is 7.11 Å². The second kappa shape index (κ2) is 5.93. The largest absolute Gasteiger partial charge is 0.496 e. The zero-order valence-corrected chi connectivity index (χ0v) is 13.9. The number of fused-ring (bicyclic) bond motifs is 1. The number of ether oxygens (including phenoxy) is 1. The van der Waals surface area contributed by atoms with Gasteiger partial charge in [-0.15, -0.1) is 0 Å². The molecule has 0 amide bonds. The molecule has 5 nitrogen and oxygen atoms in total. The quantitative estimate of drug-likeness (QED) is 0.788. The van der Waals surface area contributed by atoms with E-state index in [4.69, 9.17) is 22.1 Å². The lowest BCUT2D eigenvalue weighted by molar-refractivity contribution is 0.420. The van der Waals surface area contributed by atoms with Gasteiger partial charge in [0.2, 0.25) is 0 Å². The summed E-state index contributed by atoms with van der Waals surface area (Å²) in [6.07, 6.45) is 0. The molecule has 0 spiro atoms. The van der Waals surface area contributed by atoms with Crippen LogP contribution in [0.25, 0.3) is 10.8 Å². The Balaban J connectivity index is 2.10. The third-order valence-corrected chi connectivity index (χ3v) is 4.08. The van der Waals surface area contributed by atoms with Crippen molar-refractivity contribution in [2.45, 2.75) is 6.92 Å². The highest BCUT2D eigenvalue weighted by atomic mass is 35.5. The Hall–Kier alpha value is -2.53. The van der Waals surface area contributed by atoms with E-state index in [-0.39, 0.29) is 5.82 Å². The third-order valence-electron chi connectivity index (χ3n) is 3.72. The molecule has 1 aromatic heterocycles. The lowest BCUT2D eigenvalue weighted by atomic mass is 10.1. The highest BCUT2D eigenvalue weighted by molar-refractivity contribution is 6.35. The Morgan fingerprint density at radius 2 is 1.96 bits per heavy atom. The van der Waals surface area contributed by atoms with E-state index in [0.29, 0.717) is 16.7 Å². The van der Waals surface area contributed by atoms with Crippen LogP contribution in [0.3, 0.4) is 0 Å².